The number of halogens is 1. The van der Waals surface area contributed by atoms with E-state index in [2.05, 4.69) is 34.2 Å². The molecule has 0 bridgehead atoms. The van der Waals surface area contributed by atoms with Crippen LogP contribution in [0, 0.1) is 0 Å². The van der Waals surface area contributed by atoms with Gasteiger partial charge in [0.1, 0.15) is 11.5 Å². The van der Waals surface area contributed by atoms with Gasteiger partial charge in [0.2, 0.25) is 6.79 Å². The first-order valence-electron chi connectivity index (χ1n) is 6.71. The molecule has 0 spiro atoms. The van der Waals surface area contributed by atoms with Gasteiger partial charge < -0.3 is 19.5 Å². The maximum Gasteiger partial charge on any atom is 0.231 e. The molecule has 3 rings (SSSR count). The summed E-state index contributed by atoms with van der Waals surface area (Å²) in [6.07, 6.45) is 0. The van der Waals surface area contributed by atoms with Gasteiger partial charge in [-0.2, -0.15) is 0 Å². The van der Waals surface area contributed by atoms with Crippen molar-refractivity contribution in [2.24, 2.45) is 0 Å². The Kier molecular flexibility index (Phi) is 4.03. The van der Waals surface area contributed by atoms with E-state index in [1.807, 2.05) is 37.4 Å². The molecule has 0 aromatic heterocycles. The SMILES string of the molecule is CNC(C)c1cc(Br)ccc1Oc1ccc2c(c1)OCO2. The quantitative estimate of drug-likeness (QED) is 0.895. The van der Waals surface area contributed by atoms with E-state index in [0.29, 0.717) is 5.75 Å². The summed E-state index contributed by atoms with van der Waals surface area (Å²) < 4.78 is 17.7. The van der Waals surface area contributed by atoms with E-state index in [-0.39, 0.29) is 12.8 Å². The van der Waals surface area contributed by atoms with Gasteiger partial charge >= 0.3 is 0 Å². The highest BCUT2D eigenvalue weighted by atomic mass is 79.9. The molecule has 0 aliphatic carbocycles. The first kappa shape index (κ1) is 14.2. The van der Waals surface area contributed by atoms with E-state index in [1.54, 1.807) is 0 Å². The molecule has 1 aliphatic rings. The summed E-state index contributed by atoms with van der Waals surface area (Å²) >= 11 is 3.50. The van der Waals surface area contributed by atoms with Crippen molar-refractivity contribution in [2.45, 2.75) is 13.0 Å². The molecule has 0 amide bonds. The number of hydrogen-bond acceptors (Lipinski definition) is 4. The van der Waals surface area contributed by atoms with Crippen LogP contribution in [0.15, 0.2) is 40.9 Å². The Hall–Kier alpha value is -1.72. The largest absolute Gasteiger partial charge is 0.457 e. The van der Waals surface area contributed by atoms with Crippen LogP contribution >= 0.6 is 15.9 Å². The Balaban J connectivity index is 1.91. The topological polar surface area (TPSA) is 39.7 Å². The predicted molar refractivity (Wildman–Crippen MR) is 84.3 cm³/mol. The highest BCUT2D eigenvalue weighted by Crippen LogP contribution is 2.38. The lowest BCUT2D eigenvalue weighted by Crippen LogP contribution is -2.13. The maximum atomic E-state index is 6.02. The smallest absolute Gasteiger partial charge is 0.231 e. The van der Waals surface area contributed by atoms with Gasteiger partial charge in [0.15, 0.2) is 11.5 Å². The van der Waals surface area contributed by atoms with Crippen LogP contribution in [0.25, 0.3) is 0 Å². The van der Waals surface area contributed by atoms with E-state index in [1.165, 1.54) is 0 Å². The van der Waals surface area contributed by atoms with Crippen molar-refractivity contribution in [3.05, 3.63) is 46.4 Å². The zero-order valence-corrected chi connectivity index (χ0v) is 13.4. The third-order valence-electron chi connectivity index (χ3n) is 3.44. The van der Waals surface area contributed by atoms with E-state index in [0.717, 1.165) is 27.3 Å². The van der Waals surface area contributed by atoms with Crippen LogP contribution in [0.3, 0.4) is 0 Å². The molecule has 1 aliphatic heterocycles. The highest BCUT2D eigenvalue weighted by molar-refractivity contribution is 9.10. The van der Waals surface area contributed by atoms with Gasteiger partial charge in [0, 0.05) is 22.1 Å². The minimum Gasteiger partial charge on any atom is -0.457 e. The van der Waals surface area contributed by atoms with Gasteiger partial charge in [0.05, 0.1) is 0 Å². The molecule has 2 aromatic rings. The Morgan fingerprint density at radius 2 is 1.95 bits per heavy atom. The van der Waals surface area contributed by atoms with Crippen molar-refractivity contribution in [3.8, 4) is 23.0 Å². The number of benzene rings is 2. The molecule has 4 nitrogen and oxygen atoms in total. The van der Waals surface area contributed by atoms with Crippen molar-refractivity contribution in [2.75, 3.05) is 13.8 Å². The molecule has 2 aromatic carbocycles. The highest BCUT2D eigenvalue weighted by Gasteiger charge is 2.16. The molecular formula is C16H16BrNO3. The Bertz CT molecular complexity index is 660. The lowest BCUT2D eigenvalue weighted by atomic mass is 10.1. The first-order chi connectivity index (χ1) is 10.2. The number of rotatable bonds is 4. The fraction of sp³-hybridized carbons (Fsp3) is 0.250. The number of nitrogens with one attached hydrogen (secondary N) is 1. The Labute approximate surface area is 132 Å². The standard InChI is InChI=1S/C16H16BrNO3/c1-10(18-2)13-7-11(17)3-5-14(13)21-12-4-6-15-16(8-12)20-9-19-15/h3-8,10,18H,9H2,1-2H3. The van der Waals surface area contributed by atoms with Crippen LogP contribution in [0.2, 0.25) is 0 Å². The van der Waals surface area contributed by atoms with Gasteiger partial charge in [-0.1, -0.05) is 15.9 Å². The van der Waals surface area contributed by atoms with Gasteiger partial charge in [-0.05, 0) is 44.3 Å². The number of hydrogen-bond donors (Lipinski definition) is 1. The van der Waals surface area contributed by atoms with Gasteiger partial charge in [-0.3, -0.25) is 0 Å². The molecule has 0 saturated carbocycles. The molecule has 21 heavy (non-hydrogen) atoms. The van der Waals surface area contributed by atoms with Crippen LogP contribution in [0.5, 0.6) is 23.0 Å². The summed E-state index contributed by atoms with van der Waals surface area (Å²) in [4.78, 5) is 0. The minimum atomic E-state index is 0.187. The summed E-state index contributed by atoms with van der Waals surface area (Å²) in [7, 11) is 1.93. The molecule has 1 atom stereocenters. The lowest BCUT2D eigenvalue weighted by molar-refractivity contribution is 0.174. The zero-order chi connectivity index (χ0) is 14.8. The van der Waals surface area contributed by atoms with E-state index >= 15 is 0 Å². The summed E-state index contributed by atoms with van der Waals surface area (Å²) in [6.45, 7) is 2.35. The summed E-state index contributed by atoms with van der Waals surface area (Å²) in [6, 6.07) is 11.8. The molecule has 1 N–H and O–H groups in total. The molecule has 1 unspecified atom stereocenters. The van der Waals surface area contributed by atoms with Crippen LogP contribution in [0.4, 0.5) is 0 Å². The van der Waals surface area contributed by atoms with Crippen LogP contribution in [0.1, 0.15) is 18.5 Å². The number of fused-ring (bicyclic) bond motifs is 1. The van der Waals surface area contributed by atoms with E-state index in [9.17, 15) is 0 Å². The summed E-state index contributed by atoms with van der Waals surface area (Å²) in [5.74, 6) is 3.01. The Morgan fingerprint density at radius 1 is 1.14 bits per heavy atom. The zero-order valence-electron chi connectivity index (χ0n) is 11.9. The summed E-state index contributed by atoms with van der Waals surface area (Å²) in [5, 5.41) is 3.23. The third-order valence-corrected chi connectivity index (χ3v) is 3.94. The average molecular weight is 350 g/mol. The first-order valence-corrected chi connectivity index (χ1v) is 7.51. The predicted octanol–water partition coefficient (Wildman–Crippen LogP) is 4.25. The molecule has 1 heterocycles. The van der Waals surface area contributed by atoms with Gasteiger partial charge in [-0.15, -0.1) is 0 Å². The third kappa shape index (κ3) is 2.99. The van der Waals surface area contributed by atoms with Crippen molar-refractivity contribution in [1.29, 1.82) is 0 Å². The van der Waals surface area contributed by atoms with Crippen LogP contribution in [-0.2, 0) is 0 Å². The van der Waals surface area contributed by atoms with Crippen molar-refractivity contribution in [1.82, 2.24) is 5.32 Å². The molecule has 110 valence electrons. The Morgan fingerprint density at radius 3 is 2.76 bits per heavy atom. The molecule has 0 saturated heterocycles. The molecule has 5 heteroatoms. The van der Waals surface area contributed by atoms with Crippen molar-refractivity contribution >= 4 is 15.9 Å². The van der Waals surface area contributed by atoms with Crippen molar-refractivity contribution in [3.63, 3.8) is 0 Å². The number of ether oxygens (including phenoxy) is 3. The van der Waals surface area contributed by atoms with Crippen LogP contribution in [-0.4, -0.2) is 13.8 Å². The molecule has 0 fully saturated rings. The lowest BCUT2D eigenvalue weighted by Gasteiger charge is -2.17. The fourth-order valence-electron chi connectivity index (χ4n) is 2.17. The van der Waals surface area contributed by atoms with Gasteiger partial charge in [0.25, 0.3) is 0 Å². The van der Waals surface area contributed by atoms with Crippen LogP contribution < -0.4 is 19.5 Å². The monoisotopic (exact) mass is 349 g/mol. The second-order valence-corrected chi connectivity index (χ2v) is 5.73. The second kappa shape index (κ2) is 5.95. The minimum absolute atomic E-state index is 0.187. The van der Waals surface area contributed by atoms with Crippen molar-refractivity contribution < 1.29 is 14.2 Å². The average Bonchev–Trinajstić information content (AvgIpc) is 2.96. The molecule has 0 radical (unpaired) electrons. The second-order valence-electron chi connectivity index (χ2n) is 4.81. The normalized spacial score (nSPS) is 14.0. The fourth-order valence-corrected chi connectivity index (χ4v) is 2.55. The van der Waals surface area contributed by atoms with Gasteiger partial charge in [-0.25, -0.2) is 0 Å². The summed E-state index contributed by atoms with van der Waals surface area (Å²) in [5.41, 5.74) is 1.09. The molecular weight excluding hydrogens is 334 g/mol. The van der Waals surface area contributed by atoms with E-state index in [4.69, 9.17) is 14.2 Å². The van der Waals surface area contributed by atoms with E-state index < -0.39 is 0 Å². The maximum absolute atomic E-state index is 6.02.